The van der Waals surface area contributed by atoms with Gasteiger partial charge in [-0.3, -0.25) is 10.1 Å². The number of carbonyl (C=O) groups excluding carboxylic acids is 1. The Kier molecular flexibility index (Phi) is 4.85. The van der Waals surface area contributed by atoms with Crippen LogP contribution in [0.3, 0.4) is 0 Å². The number of anilines is 1. The van der Waals surface area contributed by atoms with Gasteiger partial charge in [0.05, 0.1) is 30.4 Å². The van der Waals surface area contributed by atoms with Crippen molar-refractivity contribution in [2.75, 3.05) is 19.5 Å². The minimum atomic E-state index is -0.467. The van der Waals surface area contributed by atoms with Gasteiger partial charge in [-0.05, 0) is 24.3 Å². The molecule has 7 nitrogen and oxygen atoms in total. The molecule has 0 fully saturated rings. The summed E-state index contributed by atoms with van der Waals surface area (Å²) in [6, 6.07) is 12.0. The monoisotopic (exact) mass is 359 g/mol. The highest BCUT2D eigenvalue weighted by Crippen LogP contribution is 2.31. The third-order valence-electron chi connectivity index (χ3n) is 3.40. The van der Waals surface area contributed by atoms with Gasteiger partial charge in [-0.2, -0.15) is 0 Å². The molecular weight excluding hydrogens is 346 g/mol. The van der Waals surface area contributed by atoms with Crippen LogP contribution in [0.15, 0.2) is 46.9 Å². The van der Waals surface area contributed by atoms with Crippen molar-refractivity contribution in [3.8, 4) is 23.0 Å². The number of para-hydroxylation sites is 1. The Balaban J connectivity index is 1.85. The van der Waals surface area contributed by atoms with E-state index < -0.39 is 5.91 Å². The number of rotatable bonds is 5. The van der Waals surface area contributed by atoms with E-state index in [0.717, 1.165) is 0 Å². The molecule has 0 bridgehead atoms. The lowest BCUT2D eigenvalue weighted by atomic mass is 10.1. The maximum atomic E-state index is 12.5. The lowest BCUT2D eigenvalue weighted by Gasteiger charge is -2.11. The third kappa shape index (κ3) is 3.41. The van der Waals surface area contributed by atoms with Crippen LogP contribution in [0.25, 0.3) is 11.5 Å². The van der Waals surface area contributed by atoms with E-state index in [2.05, 4.69) is 15.5 Å². The first-order valence-electron chi connectivity index (χ1n) is 7.24. The smallest absolute Gasteiger partial charge is 0.322 e. The van der Waals surface area contributed by atoms with Crippen LogP contribution in [0.2, 0.25) is 5.02 Å². The van der Waals surface area contributed by atoms with Gasteiger partial charge in [0, 0.05) is 0 Å². The molecule has 8 heteroatoms. The molecule has 0 atom stereocenters. The zero-order chi connectivity index (χ0) is 17.8. The van der Waals surface area contributed by atoms with E-state index in [1.54, 1.807) is 42.5 Å². The van der Waals surface area contributed by atoms with Crippen LogP contribution in [0.1, 0.15) is 10.4 Å². The van der Waals surface area contributed by atoms with E-state index in [0.29, 0.717) is 22.1 Å². The molecule has 1 heterocycles. The van der Waals surface area contributed by atoms with Gasteiger partial charge in [0.2, 0.25) is 0 Å². The molecule has 128 valence electrons. The molecule has 0 aliphatic rings. The molecule has 2 aromatic carbocycles. The van der Waals surface area contributed by atoms with Crippen LogP contribution in [-0.2, 0) is 0 Å². The van der Waals surface area contributed by atoms with Crippen molar-refractivity contribution in [3.63, 3.8) is 0 Å². The van der Waals surface area contributed by atoms with Crippen LogP contribution in [-0.4, -0.2) is 30.3 Å². The van der Waals surface area contributed by atoms with E-state index in [-0.39, 0.29) is 17.5 Å². The van der Waals surface area contributed by atoms with E-state index in [4.69, 9.17) is 25.5 Å². The maximum absolute atomic E-state index is 12.5. The Morgan fingerprint density at radius 2 is 1.88 bits per heavy atom. The van der Waals surface area contributed by atoms with Gasteiger partial charge < -0.3 is 13.9 Å². The zero-order valence-electron chi connectivity index (χ0n) is 13.4. The summed E-state index contributed by atoms with van der Waals surface area (Å²) in [5, 5.41) is 10.7. The highest BCUT2D eigenvalue weighted by molar-refractivity contribution is 6.33. The molecule has 25 heavy (non-hydrogen) atoms. The lowest BCUT2D eigenvalue weighted by molar-refractivity contribution is 0.102. The molecule has 1 N–H and O–H groups in total. The fraction of sp³-hybridized carbons (Fsp3) is 0.118. The summed E-state index contributed by atoms with van der Waals surface area (Å²) in [6.45, 7) is 0. The Hall–Kier alpha value is -3.06. The number of nitrogens with one attached hydrogen (secondary N) is 1. The van der Waals surface area contributed by atoms with E-state index in [1.807, 2.05) is 0 Å². The number of halogens is 1. The molecule has 0 aliphatic heterocycles. The van der Waals surface area contributed by atoms with Crippen molar-refractivity contribution in [3.05, 3.63) is 53.1 Å². The number of benzene rings is 2. The standard InChI is InChI=1S/C17H14ClN3O4/c1-23-13-9-5-7-11(14(13)24-2)15(22)19-17-21-20-16(25-17)10-6-3-4-8-12(10)18/h3-9H,1-2H3,(H,19,21,22). The quantitative estimate of drug-likeness (QED) is 0.748. The molecule has 3 aromatic rings. The molecule has 0 saturated heterocycles. The number of methoxy groups -OCH3 is 2. The second-order valence-electron chi connectivity index (χ2n) is 4.89. The van der Waals surface area contributed by atoms with E-state index >= 15 is 0 Å². The first-order chi connectivity index (χ1) is 12.1. The van der Waals surface area contributed by atoms with Crippen molar-refractivity contribution in [1.82, 2.24) is 10.2 Å². The summed E-state index contributed by atoms with van der Waals surface area (Å²) < 4.78 is 15.9. The van der Waals surface area contributed by atoms with Crippen molar-refractivity contribution in [2.45, 2.75) is 0 Å². The Morgan fingerprint density at radius 3 is 2.60 bits per heavy atom. The van der Waals surface area contributed by atoms with Crippen molar-refractivity contribution in [1.29, 1.82) is 0 Å². The summed E-state index contributed by atoms with van der Waals surface area (Å²) >= 11 is 6.10. The van der Waals surface area contributed by atoms with Crippen LogP contribution in [0.4, 0.5) is 6.01 Å². The van der Waals surface area contributed by atoms with Crippen LogP contribution in [0.5, 0.6) is 11.5 Å². The van der Waals surface area contributed by atoms with Gasteiger partial charge in [-0.15, -0.1) is 5.10 Å². The predicted molar refractivity (Wildman–Crippen MR) is 92.2 cm³/mol. The molecule has 0 spiro atoms. The molecular formula is C17H14ClN3O4. The first kappa shape index (κ1) is 16.8. The molecule has 0 aliphatic carbocycles. The molecule has 0 radical (unpaired) electrons. The number of ether oxygens (including phenoxy) is 2. The van der Waals surface area contributed by atoms with Crippen LogP contribution in [0, 0.1) is 0 Å². The van der Waals surface area contributed by atoms with Crippen LogP contribution < -0.4 is 14.8 Å². The second kappa shape index (κ2) is 7.23. The number of amides is 1. The van der Waals surface area contributed by atoms with Gasteiger partial charge in [0.25, 0.3) is 11.8 Å². The third-order valence-corrected chi connectivity index (χ3v) is 3.73. The normalized spacial score (nSPS) is 10.4. The Morgan fingerprint density at radius 1 is 1.08 bits per heavy atom. The van der Waals surface area contributed by atoms with Gasteiger partial charge in [0.1, 0.15) is 0 Å². The molecule has 0 saturated carbocycles. The predicted octanol–water partition coefficient (Wildman–Crippen LogP) is 3.66. The summed E-state index contributed by atoms with van der Waals surface area (Å²) in [6.07, 6.45) is 0. The number of hydrogen-bond acceptors (Lipinski definition) is 6. The number of hydrogen-bond donors (Lipinski definition) is 1. The molecule has 1 aromatic heterocycles. The van der Waals surface area contributed by atoms with E-state index in [9.17, 15) is 4.79 Å². The highest BCUT2D eigenvalue weighted by atomic mass is 35.5. The van der Waals surface area contributed by atoms with Gasteiger partial charge >= 0.3 is 6.01 Å². The first-order valence-corrected chi connectivity index (χ1v) is 7.62. The minimum Gasteiger partial charge on any atom is -0.493 e. The van der Waals surface area contributed by atoms with Gasteiger partial charge in [-0.25, -0.2) is 0 Å². The fourth-order valence-corrected chi connectivity index (χ4v) is 2.46. The number of carbonyl (C=O) groups is 1. The molecule has 0 unspecified atom stereocenters. The van der Waals surface area contributed by atoms with Crippen molar-refractivity contribution < 1.29 is 18.7 Å². The maximum Gasteiger partial charge on any atom is 0.322 e. The minimum absolute atomic E-state index is 0.0511. The zero-order valence-corrected chi connectivity index (χ0v) is 14.2. The van der Waals surface area contributed by atoms with Crippen molar-refractivity contribution in [2.24, 2.45) is 0 Å². The summed E-state index contributed by atoms with van der Waals surface area (Å²) in [4.78, 5) is 12.5. The Bertz CT molecular complexity index is 910. The topological polar surface area (TPSA) is 86.5 Å². The highest BCUT2D eigenvalue weighted by Gasteiger charge is 2.19. The fourth-order valence-electron chi connectivity index (χ4n) is 2.25. The van der Waals surface area contributed by atoms with Gasteiger partial charge in [0.15, 0.2) is 11.5 Å². The summed E-state index contributed by atoms with van der Waals surface area (Å²) in [5.41, 5.74) is 0.857. The summed E-state index contributed by atoms with van der Waals surface area (Å²) in [7, 11) is 2.95. The lowest BCUT2D eigenvalue weighted by Crippen LogP contribution is -2.13. The second-order valence-corrected chi connectivity index (χ2v) is 5.29. The molecule has 3 rings (SSSR count). The average Bonchev–Trinajstić information content (AvgIpc) is 3.09. The average molecular weight is 360 g/mol. The van der Waals surface area contributed by atoms with E-state index in [1.165, 1.54) is 14.2 Å². The Labute approximate surface area is 148 Å². The summed E-state index contributed by atoms with van der Waals surface area (Å²) in [5.74, 6) is 0.495. The van der Waals surface area contributed by atoms with Crippen LogP contribution >= 0.6 is 11.6 Å². The van der Waals surface area contributed by atoms with Crippen molar-refractivity contribution >= 4 is 23.5 Å². The molecule has 1 amide bonds. The number of aromatic nitrogens is 2. The SMILES string of the molecule is COc1cccc(C(=O)Nc2nnc(-c3ccccc3Cl)o2)c1OC. The largest absolute Gasteiger partial charge is 0.493 e. The number of nitrogens with zero attached hydrogens (tertiary/aromatic N) is 2. The van der Waals surface area contributed by atoms with Gasteiger partial charge in [-0.1, -0.05) is 34.9 Å².